The molecule has 4 aliphatic carbocycles. The fourth-order valence-electron chi connectivity index (χ4n) is 9.27. The molecule has 0 spiro atoms. The largest absolute Gasteiger partial charge is 0.456 e. The lowest BCUT2D eigenvalue weighted by molar-refractivity contribution is -0.757. The van der Waals surface area contributed by atoms with Crippen molar-refractivity contribution in [3.05, 3.63) is 33.9 Å². The first-order valence-corrected chi connectivity index (χ1v) is 16.5. The molecule has 3 saturated carbocycles. The molecule has 0 aromatic rings. The number of fused-ring (bicyclic) bond motifs is 7. The Hall–Kier alpha value is -3.16. The van der Waals surface area contributed by atoms with E-state index in [9.17, 15) is 34.4 Å². The smallest absolute Gasteiger partial charge is 0.325 e. The monoisotopic (exact) mass is 646 g/mol. The van der Waals surface area contributed by atoms with Gasteiger partial charge in [-0.25, -0.2) is 0 Å². The van der Waals surface area contributed by atoms with E-state index in [0.29, 0.717) is 38.5 Å². The number of rotatable bonds is 14. The van der Waals surface area contributed by atoms with Crippen molar-refractivity contribution in [3.8, 4) is 0 Å². The highest BCUT2D eigenvalue weighted by Gasteiger charge is 2.75. The van der Waals surface area contributed by atoms with E-state index in [4.69, 9.17) is 14.2 Å². The van der Waals surface area contributed by atoms with Crippen molar-refractivity contribution in [1.82, 2.24) is 5.32 Å². The summed E-state index contributed by atoms with van der Waals surface area (Å²) in [6, 6.07) is 0. The van der Waals surface area contributed by atoms with Crippen LogP contribution in [0.3, 0.4) is 0 Å². The van der Waals surface area contributed by atoms with Gasteiger partial charge in [-0.2, -0.15) is 0 Å². The van der Waals surface area contributed by atoms with Crippen LogP contribution in [0, 0.1) is 38.7 Å². The van der Waals surface area contributed by atoms with Crippen LogP contribution in [0.2, 0.25) is 0 Å². The summed E-state index contributed by atoms with van der Waals surface area (Å²) in [6.07, 6.45) is 8.71. The maximum atomic E-state index is 14.2. The molecule has 1 heterocycles. The Labute approximate surface area is 268 Å². The first-order chi connectivity index (χ1) is 21.9. The van der Waals surface area contributed by atoms with E-state index >= 15 is 0 Å². The van der Waals surface area contributed by atoms with Crippen LogP contribution in [-0.2, 0) is 38.2 Å². The van der Waals surface area contributed by atoms with Crippen molar-refractivity contribution in [2.24, 2.45) is 28.6 Å². The molecule has 5 aliphatic rings. The van der Waals surface area contributed by atoms with Crippen LogP contribution in [0.5, 0.6) is 0 Å². The Morgan fingerprint density at radius 3 is 2.74 bits per heavy atom. The number of esters is 1. The number of nitrogens with one attached hydrogen (secondary N) is 1. The van der Waals surface area contributed by atoms with Gasteiger partial charge < -0.3 is 29.5 Å². The first kappa shape index (κ1) is 34.2. The number of amides is 1. The number of aliphatic hydroxyl groups excluding tert-OH is 1. The number of unbranched alkanes of at least 4 members (excludes halogenated alkanes) is 2. The van der Waals surface area contributed by atoms with Crippen LogP contribution < -0.4 is 5.32 Å². The molecule has 13 heteroatoms. The van der Waals surface area contributed by atoms with E-state index in [1.807, 2.05) is 19.9 Å². The molecular weight excluding hydrogens is 600 g/mol. The van der Waals surface area contributed by atoms with Gasteiger partial charge in [-0.3, -0.25) is 19.2 Å². The van der Waals surface area contributed by atoms with Crippen molar-refractivity contribution in [1.29, 1.82) is 0 Å². The zero-order valence-electron chi connectivity index (χ0n) is 26.9. The van der Waals surface area contributed by atoms with Crippen LogP contribution in [0.25, 0.3) is 0 Å². The van der Waals surface area contributed by atoms with Crippen molar-refractivity contribution >= 4 is 23.4 Å². The average Bonchev–Trinajstić information content (AvgIpc) is 3.48. The molecule has 0 bridgehead atoms. The normalized spacial score (nSPS) is 37.3. The van der Waals surface area contributed by atoms with Gasteiger partial charge in [0.15, 0.2) is 24.3 Å². The minimum atomic E-state index is -1.40. The summed E-state index contributed by atoms with van der Waals surface area (Å²) in [5.74, 6) is -1.63. The van der Waals surface area contributed by atoms with Crippen molar-refractivity contribution in [2.75, 3.05) is 19.8 Å². The summed E-state index contributed by atoms with van der Waals surface area (Å²) in [7, 11) is 0. The first-order valence-electron chi connectivity index (χ1n) is 16.5. The number of hydrogen-bond acceptors (Lipinski definition) is 11. The SMILES string of the molecule is CCCC1O[C@@H]2C[C@H]3[C@@H]4CCC5=CC(=O)C=C[C@]5(C)[C@H]4[C@@H](O)C[C@]3(C)[C@]2(C(=O)COC(=O)CNC(=O)CCCCCO[N+](=O)[O-])O1. The van der Waals surface area contributed by atoms with Crippen LogP contribution in [0.4, 0.5) is 0 Å². The van der Waals surface area contributed by atoms with Crippen LogP contribution >= 0.6 is 0 Å². The fraction of sp³-hybridized carbons (Fsp3) is 0.758. The Morgan fingerprint density at radius 1 is 1.22 bits per heavy atom. The van der Waals surface area contributed by atoms with Gasteiger partial charge >= 0.3 is 5.97 Å². The zero-order valence-corrected chi connectivity index (χ0v) is 26.9. The molecule has 1 amide bonds. The van der Waals surface area contributed by atoms with E-state index in [2.05, 4.69) is 17.1 Å². The zero-order chi connectivity index (χ0) is 33.3. The number of nitrogens with zero attached hydrogens (tertiary/aromatic N) is 1. The summed E-state index contributed by atoms with van der Waals surface area (Å²) in [5.41, 5.74) is -1.59. The van der Waals surface area contributed by atoms with E-state index in [-0.39, 0.29) is 42.5 Å². The van der Waals surface area contributed by atoms with Crippen LogP contribution in [-0.4, -0.2) is 77.5 Å². The predicted octanol–water partition coefficient (Wildman–Crippen LogP) is 3.15. The van der Waals surface area contributed by atoms with Gasteiger partial charge in [-0.15, -0.1) is 10.1 Å². The van der Waals surface area contributed by atoms with Gasteiger partial charge in [-0.05, 0) is 68.9 Å². The number of carbonyl (C=O) groups is 4. The maximum absolute atomic E-state index is 14.2. The summed E-state index contributed by atoms with van der Waals surface area (Å²) >= 11 is 0. The quantitative estimate of drug-likeness (QED) is 0.122. The van der Waals surface area contributed by atoms with E-state index < -0.39 is 64.9 Å². The Bertz CT molecular complexity index is 1300. The lowest BCUT2D eigenvalue weighted by atomic mass is 9.46. The molecule has 254 valence electrons. The second-order valence-electron chi connectivity index (χ2n) is 13.9. The average molecular weight is 647 g/mol. The summed E-state index contributed by atoms with van der Waals surface area (Å²) in [5, 5.41) is 23.6. The van der Waals surface area contributed by atoms with Gasteiger partial charge in [0.2, 0.25) is 11.7 Å². The minimum absolute atomic E-state index is 0.00271. The van der Waals surface area contributed by atoms with Crippen molar-refractivity contribution in [2.45, 2.75) is 109 Å². The standard InChI is InChI=1S/C33H46N2O11/c1-4-8-29-45-26-16-23-22-11-10-20-15-21(36)12-13-31(20,2)30(22)24(37)17-32(23,3)33(26,46-29)25(38)19-43-28(40)18-34-27(39)9-6-5-7-14-44-35(41)42/h12-13,15,22-24,26,29-30,37H,4-11,14,16-19H2,1-3H3,(H,34,39)/t22-,23-,24-,26+,29?,30+,31-,32-,33+/m0/s1. The number of aliphatic hydroxyl groups is 1. The van der Waals surface area contributed by atoms with E-state index in [1.54, 1.807) is 12.2 Å². The molecule has 5 rings (SSSR count). The second-order valence-corrected chi connectivity index (χ2v) is 13.9. The van der Waals surface area contributed by atoms with Crippen molar-refractivity contribution < 1.29 is 48.4 Å². The van der Waals surface area contributed by atoms with Crippen molar-refractivity contribution in [3.63, 3.8) is 0 Å². The Morgan fingerprint density at radius 2 is 2.00 bits per heavy atom. The summed E-state index contributed by atoms with van der Waals surface area (Å²) in [6.45, 7) is 5.11. The van der Waals surface area contributed by atoms with Crippen LogP contribution in [0.1, 0.15) is 85.0 Å². The van der Waals surface area contributed by atoms with Gasteiger partial charge in [0.1, 0.15) is 6.54 Å². The number of hydrogen-bond donors (Lipinski definition) is 2. The molecule has 4 fully saturated rings. The van der Waals surface area contributed by atoms with Gasteiger partial charge in [-0.1, -0.05) is 45.3 Å². The summed E-state index contributed by atoms with van der Waals surface area (Å²) < 4.78 is 18.3. The number of ether oxygens (including phenoxy) is 3. The molecule has 0 aromatic heterocycles. The highest BCUT2D eigenvalue weighted by Crippen LogP contribution is 2.69. The van der Waals surface area contributed by atoms with Crippen LogP contribution in [0.15, 0.2) is 23.8 Å². The molecule has 1 unspecified atom stereocenters. The molecule has 13 nitrogen and oxygen atoms in total. The highest BCUT2D eigenvalue weighted by molar-refractivity contribution is 6.01. The fourth-order valence-corrected chi connectivity index (χ4v) is 9.27. The molecule has 0 radical (unpaired) electrons. The highest BCUT2D eigenvalue weighted by atomic mass is 16.9. The molecule has 1 aliphatic heterocycles. The number of Topliss-reactive ketones (excluding diaryl/α,β-unsaturated/α-hetero) is 1. The number of carbonyl (C=O) groups excluding carboxylic acids is 4. The lowest BCUT2D eigenvalue weighted by Gasteiger charge is -2.59. The Balaban J connectivity index is 1.24. The van der Waals surface area contributed by atoms with Gasteiger partial charge in [0.05, 0.1) is 18.8 Å². The third kappa shape index (κ3) is 6.13. The molecule has 0 aromatic carbocycles. The minimum Gasteiger partial charge on any atom is -0.456 e. The van der Waals surface area contributed by atoms with Gasteiger partial charge in [0.25, 0.3) is 5.09 Å². The molecule has 2 N–H and O–H groups in total. The topological polar surface area (TPSA) is 181 Å². The molecule has 9 atom stereocenters. The summed E-state index contributed by atoms with van der Waals surface area (Å²) in [4.78, 5) is 65.5. The number of ketones is 2. The third-order valence-electron chi connectivity index (χ3n) is 11.3. The second kappa shape index (κ2) is 13.5. The third-order valence-corrected chi connectivity index (χ3v) is 11.3. The molecule has 1 saturated heterocycles. The lowest BCUT2D eigenvalue weighted by Crippen LogP contribution is -2.63. The maximum Gasteiger partial charge on any atom is 0.325 e. The van der Waals surface area contributed by atoms with E-state index in [0.717, 1.165) is 24.8 Å². The van der Waals surface area contributed by atoms with E-state index in [1.165, 1.54) is 0 Å². The molecular formula is C33H46N2O11. The predicted molar refractivity (Wildman–Crippen MR) is 161 cm³/mol. The Kier molecular flexibility index (Phi) is 10.0. The molecule has 46 heavy (non-hydrogen) atoms. The van der Waals surface area contributed by atoms with Gasteiger partial charge in [0, 0.05) is 23.2 Å². The number of allylic oxidation sites excluding steroid dienone is 4.